The zero-order chi connectivity index (χ0) is 15.0. The van der Waals surface area contributed by atoms with Crippen molar-refractivity contribution in [2.24, 2.45) is 5.41 Å². The predicted octanol–water partition coefficient (Wildman–Crippen LogP) is 0.164. The summed E-state index contributed by atoms with van der Waals surface area (Å²) in [7, 11) is 0. The second-order valence-electron chi connectivity index (χ2n) is 6.04. The number of nitrogens with zero attached hydrogens (tertiary/aromatic N) is 6. The van der Waals surface area contributed by atoms with Crippen LogP contribution in [0.25, 0.3) is 5.69 Å². The van der Waals surface area contributed by atoms with E-state index in [0.717, 1.165) is 38.2 Å². The molecule has 1 spiro atoms. The molecule has 2 aliphatic heterocycles. The molecule has 1 N–H and O–H groups in total. The summed E-state index contributed by atoms with van der Waals surface area (Å²) < 4.78 is 1.54. The highest BCUT2D eigenvalue weighted by molar-refractivity contribution is 5.95. The molecule has 8 nitrogen and oxygen atoms in total. The van der Waals surface area contributed by atoms with Crippen LogP contribution in [0.3, 0.4) is 0 Å². The van der Waals surface area contributed by atoms with E-state index in [9.17, 15) is 4.79 Å². The number of rotatable bonds is 2. The Morgan fingerprint density at radius 1 is 1.23 bits per heavy atom. The lowest BCUT2D eigenvalue weighted by Crippen LogP contribution is -2.38. The number of tetrazole rings is 1. The first-order valence-electron chi connectivity index (χ1n) is 7.46. The highest BCUT2D eigenvalue weighted by Gasteiger charge is 2.44. The van der Waals surface area contributed by atoms with Crippen LogP contribution in [0.15, 0.2) is 24.7 Å². The Morgan fingerprint density at radius 2 is 2.09 bits per heavy atom. The summed E-state index contributed by atoms with van der Waals surface area (Å²) in [5.74, 6) is 0.877. The van der Waals surface area contributed by atoms with E-state index in [-0.39, 0.29) is 11.3 Å². The van der Waals surface area contributed by atoms with E-state index >= 15 is 0 Å². The van der Waals surface area contributed by atoms with E-state index in [1.54, 1.807) is 6.20 Å². The number of amides is 1. The zero-order valence-electron chi connectivity index (χ0n) is 12.1. The first kappa shape index (κ1) is 13.3. The Hall–Kier alpha value is -2.35. The van der Waals surface area contributed by atoms with Crippen molar-refractivity contribution in [2.45, 2.75) is 19.3 Å². The highest BCUT2D eigenvalue weighted by atomic mass is 16.2. The summed E-state index contributed by atoms with van der Waals surface area (Å²) in [5, 5.41) is 14.4. The molecule has 0 saturated carbocycles. The van der Waals surface area contributed by atoms with Crippen molar-refractivity contribution in [3.8, 4) is 5.69 Å². The van der Waals surface area contributed by atoms with Gasteiger partial charge in [-0.2, -0.15) is 4.68 Å². The quantitative estimate of drug-likeness (QED) is 0.850. The number of carbonyl (C=O) groups excluding carboxylic acids is 1. The summed E-state index contributed by atoms with van der Waals surface area (Å²) in [4.78, 5) is 18.6. The van der Waals surface area contributed by atoms with Crippen molar-refractivity contribution in [2.75, 3.05) is 24.5 Å². The fourth-order valence-electron chi connectivity index (χ4n) is 3.35. The molecule has 2 saturated heterocycles. The van der Waals surface area contributed by atoms with Crippen molar-refractivity contribution in [1.82, 2.24) is 30.5 Å². The van der Waals surface area contributed by atoms with E-state index in [1.807, 2.05) is 17.0 Å². The minimum atomic E-state index is 0.124. The lowest BCUT2D eigenvalue weighted by Gasteiger charge is -2.32. The summed E-state index contributed by atoms with van der Waals surface area (Å²) in [6.45, 7) is 2.75. The van der Waals surface area contributed by atoms with Crippen LogP contribution in [0, 0.1) is 5.41 Å². The van der Waals surface area contributed by atoms with E-state index in [4.69, 9.17) is 0 Å². The number of nitrogens with one attached hydrogen (secondary N) is 1. The van der Waals surface area contributed by atoms with Gasteiger partial charge in [0.1, 0.15) is 12.1 Å². The Labute approximate surface area is 127 Å². The number of aromatic nitrogens is 5. The summed E-state index contributed by atoms with van der Waals surface area (Å²) in [5.41, 5.74) is 0.898. The van der Waals surface area contributed by atoms with Crippen LogP contribution in [-0.4, -0.2) is 50.7 Å². The molecular formula is C14H17N7O. The number of pyridine rings is 1. The van der Waals surface area contributed by atoms with Gasteiger partial charge in [-0.05, 0) is 53.9 Å². The maximum absolute atomic E-state index is 12.4. The molecule has 0 radical (unpaired) electrons. The van der Waals surface area contributed by atoms with Gasteiger partial charge >= 0.3 is 0 Å². The molecule has 0 aromatic carbocycles. The van der Waals surface area contributed by atoms with Gasteiger partial charge in [0.2, 0.25) is 5.91 Å². The third-order valence-corrected chi connectivity index (χ3v) is 4.61. The number of carbonyl (C=O) groups is 1. The monoisotopic (exact) mass is 299 g/mol. The third kappa shape index (κ3) is 2.25. The van der Waals surface area contributed by atoms with E-state index in [1.165, 1.54) is 11.0 Å². The van der Waals surface area contributed by atoms with Crippen molar-refractivity contribution in [3.63, 3.8) is 0 Å². The van der Waals surface area contributed by atoms with Crippen LogP contribution in [0.2, 0.25) is 0 Å². The standard InChI is InChI=1S/C14H17N7O/c22-13-7-14(3-5-15-6-4-14)9-20(13)12-2-1-11(8-16-12)21-10-17-18-19-21/h1-2,8,10,15H,3-7,9H2. The molecule has 22 heavy (non-hydrogen) atoms. The van der Waals surface area contributed by atoms with Gasteiger partial charge < -0.3 is 5.32 Å². The number of hydrogen-bond acceptors (Lipinski definition) is 6. The van der Waals surface area contributed by atoms with Crippen molar-refractivity contribution in [1.29, 1.82) is 0 Å². The molecule has 8 heteroatoms. The molecule has 2 fully saturated rings. The van der Waals surface area contributed by atoms with Crippen molar-refractivity contribution < 1.29 is 4.79 Å². The Kier molecular flexibility index (Phi) is 3.11. The molecule has 114 valence electrons. The molecule has 0 bridgehead atoms. The van der Waals surface area contributed by atoms with E-state index in [2.05, 4.69) is 25.8 Å². The van der Waals surface area contributed by atoms with Crippen LogP contribution in [0.1, 0.15) is 19.3 Å². The number of piperidine rings is 1. The third-order valence-electron chi connectivity index (χ3n) is 4.61. The SMILES string of the molecule is O=C1CC2(CCNCC2)CN1c1ccc(-n2cnnn2)cn1. The summed E-state index contributed by atoms with van der Waals surface area (Å²) in [6.07, 6.45) is 5.94. The van der Waals surface area contributed by atoms with Gasteiger partial charge in [0.15, 0.2) is 0 Å². The van der Waals surface area contributed by atoms with Crippen LogP contribution in [-0.2, 0) is 4.79 Å². The predicted molar refractivity (Wildman–Crippen MR) is 78.5 cm³/mol. The molecule has 4 rings (SSSR count). The zero-order valence-corrected chi connectivity index (χ0v) is 12.1. The maximum atomic E-state index is 12.4. The highest BCUT2D eigenvalue weighted by Crippen LogP contribution is 2.40. The minimum Gasteiger partial charge on any atom is -0.317 e. The maximum Gasteiger partial charge on any atom is 0.228 e. The average Bonchev–Trinajstić information content (AvgIpc) is 3.17. The molecule has 2 aromatic heterocycles. The topological polar surface area (TPSA) is 88.8 Å². The Bertz CT molecular complexity index is 661. The molecule has 2 aromatic rings. The van der Waals surface area contributed by atoms with E-state index < -0.39 is 0 Å². The van der Waals surface area contributed by atoms with Gasteiger partial charge in [0.05, 0.1) is 11.9 Å². The molecule has 2 aliphatic rings. The lowest BCUT2D eigenvalue weighted by molar-refractivity contribution is -0.118. The average molecular weight is 299 g/mol. The molecular weight excluding hydrogens is 282 g/mol. The van der Waals surface area contributed by atoms with Crippen LogP contribution >= 0.6 is 0 Å². The van der Waals surface area contributed by atoms with Gasteiger partial charge in [-0.25, -0.2) is 4.98 Å². The van der Waals surface area contributed by atoms with Gasteiger partial charge in [-0.1, -0.05) is 0 Å². The van der Waals surface area contributed by atoms with Crippen molar-refractivity contribution >= 4 is 11.7 Å². The fourth-order valence-corrected chi connectivity index (χ4v) is 3.35. The van der Waals surface area contributed by atoms with Gasteiger partial charge in [-0.3, -0.25) is 9.69 Å². The first-order valence-corrected chi connectivity index (χ1v) is 7.46. The molecule has 0 unspecified atom stereocenters. The van der Waals surface area contributed by atoms with Crippen LogP contribution in [0.5, 0.6) is 0 Å². The Balaban J connectivity index is 1.55. The first-order chi connectivity index (χ1) is 10.8. The van der Waals surface area contributed by atoms with Gasteiger partial charge in [0.25, 0.3) is 0 Å². The number of anilines is 1. The number of hydrogen-bond donors (Lipinski definition) is 1. The second kappa shape index (κ2) is 5.13. The lowest BCUT2D eigenvalue weighted by atomic mass is 9.78. The normalized spacial score (nSPS) is 20.7. The molecule has 0 aliphatic carbocycles. The summed E-state index contributed by atoms with van der Waals surface area (Å²) >= 11 is 0. The van der Waals surface area contributed by atoms with Crippen molar-refractivity contribution in [3.05, 3.63) is 24.7 Å². The second-order valence-corrected chi connectivity index (χ2v) is 6.04. The minimum absolute atomic E-state index is 0.124. The largest absolute Gasteiger partial charge is 0.317 e. The fraction of sp³-hybridized carbons (Fsp3) is 0.500. The van der Waals surface area contributed by atoms with Gasteiger partial charge in [0, 0.05) is 13.0 Å². The summed E-state index contributed by atoms with van der Waals surface area (Å²) in [6, 6.07) is 3.73. The van der Waals surface area contributed by atoms with Crippen LogP contribution in [0.4, 0.5) is 5.82 Å². The molecule has 0 atom stereocenters. The molecule has 1 amide bonds. The van der Waals surface area contributed by atoms with Crippen LogP contribution < -0.4 is 10.2 Å². The van der Waals surface area contributed by atoms with Gasteiger partial charge in [-0.15, -0.1) is 5.10 Å². The molecule has 4 heterocycles. The smallest absolute Gasteiger partial charge is 0.228 e. The van der Waals surface area contributed by atoms with E-state index in [0.29, 0.717) is 12.2 Å². The Morgan fingerprint density at radius 3 is 2.77 bits per heavy atom.